The zero-order chi connectivity index (χ0) is 14.0. The highest BCUT2D eigenvalue weighted by Gasteiger charge is 2.32. The fourth-order valence-electron chi connectivity index (χ4n) is 1.97. The van der Waals surface area contributed by atoms with Gasteiger partial charge in [0.2, 0.25) is 10.0 Å². The number of hydrogen-bond donors (Lipinski definition) is 2. The van der Waals surface area contributed by atoms with Crippen LogP contribution in [0.5, 0.6) is 0 Å². The van der Waals surface area contributed by atoms with Crippen molar-refractivity contribution in [2.45, 2.75) is 17.0 Å². The number of ether oxygens (including phenoxy) is 1. The predicted molar refractivity (Wildman–Crippen MR) is 74.2 cm³/mol. The fourth-order valence-corrected chi connectivity index (χ4v) is 3.99. The van der Waals surface area contributed by atoms with E-state index < -0.39 is 10.0 Å². The van der Waals surface area contributed by atoms with Gasteiger partial charge in [-0.2, -0.15) is 0 Å². The summed E-state index contributed by atoms with van der Waals surface area (Å²) < 4.78 is 32.4. The van der Waals surface area contributed by atoms with Crippen molar-refractivity contribution in [3.63, 3.8) is 0 Å². The van der Waals surface area contributed by atoms with Gasteiger partial charge >= 0.3 is 0 Å². The van der Waals surface area contributed by atoms with E-state index >= 15 is 0 Å². The van der Waals surface area contributed by atoms with E-state index in [-0.39, 0.29) is 22.1 Å². The molecule has 1 aliphatic rings. The van der Waals surface area contributed by atoms with E-state index in [4.69, 9.17) is 27.9 Å². The van der Waals surface area contributed by atoms with Gasteiger partial charge in [-0.15, -0.1) is 0 Å². The topological polar surface area (TPSA) is 67.4 Å². The molecule has 2 rings (SSSR count). The molecule has 0 aromatic heterocycles. The zero-order valence-electron chi connectivity index (χ0n) is 10.2. The van der Waals surface area contributed by atoms with Crippen LogP contribution in [-0.4, -0.2) is 40.8 Å². The number of sulfonamides is 1. The standard InChI is InChI=1S/C11H14Cl2N2O3S/c1-18-10-6-14-5-9(10)15-19(16,17)11-4-7(12)2-3-8(11)13/h2-4,9-10,14-15H,5-6H2,1H3/t9?,10-/m0/s1. The molecule has 5 nitrogen and oxygen atoms in total. The first-order chi connectivity index (χ1) is 8.94. The van der Waals surface area contributed by atoms with E-state index in [0.29, 0.717) is 18.1 Å². The Labute approximate surface area is 122 Å². The van der Waals surface area contributed by atoms with Crippen molar-refractivity contribution in [2.24, 2.45) is 0 Å². The Hall–Kier alpha value is -0.370. The maximum Gasteiger partial charge on any atom is 0.242 e. The second kappa shape index (κ2) is 5.95. The Morgan fingerprint density at radius 1 is 1.37 bits per heavy atom. The van der Waals surface area contributed by atoms with Crippen LogP contribution in [0.15, 0.2) is 23.1 Å². The predicted octanol–water partition coefficient (Wildman–Crippen LogP) is 1.26. The molecule has 1 aromatic rings. The van der Waals surface area contributed by atoms with Crippen LogP contribution < -0.4 is 10.0 Å². The summed E-state index contributed by atoms with van der Waals surface area (Å²) in [6, 6.07) is 4.00. The minimum absolute atomic E-state index is 0.0246. The van der Waals surface area contributed by atoms with Crippen molar-refractivity contribution in [2.75, 3.05) is 20.2 Å². The zero-order valence-corrected chi connectivity index (χ0v) is 12.5. The van der Waals surface area contributed by atoms with Crippen molar-refractivity contribution in [1.82, 2.24) is 10.0 Å². The summed E-state index contributed by atoms with van der Waals surface area (Å²) >= 11 is 11.7. The number of hydrogen-bond acceptors (Lipinski definition) is 4. The molecular weight excluding hydrogens is 311 g/mol. The van der Waals surface area contributed by atoms with Gasteiger partial charge in [-0.3, -0.25) is 0 Å². The largest absolute Gasteiger partial charge is 0.378 e. The lowest BCUT2D eigenvalue weighted by molar-refractivity contribution is 0.103. The number of methoxy groups -OCH3 is 1. The molecule has 1 saturated heterocycles. The minimum atomic E-state index is -3.73. The molecule has 106 valence electrons. The van der Waals surface area contributed by atoms with E-state index in [1.165, 1.54) is 18.2 Å². The Bertz CT molecular complexity index is 565. The lowest BCUT2D eigenvalue weighted by Gasteiger charge is -2.19. The maximum absolute atomic E-state index is 12.3. The molecule has 0 aliphatic carbocycles. The SMILES string of the molecule is CO[C@H]1CNCC1NS(=O)(=O)c1cc(Cl)ccc1Cl. The summed E-state index contributed by atoms with van der Waals surface area (Å²) in [5, 5.41) is 3.52. The monoisotopic (exact) mass is 324 g/mol. The van der Waals surface area contributed by atoms with E-state index in [1.807, 2.05) is 0 Å². The molecule has 0 amide bonds. The molecule has 0 spiro atoms. The number of nitrogens with one attached hydrogen (secondary N) is 2. The first-order valence-corrected chi connectivity index (χ1v) is 7.89. The van der Waals surface area contributed by atoms with Crippen molar-refractivity contribution in [3.05, 3.63) is 28.2 Å². The van der Waals surface area contributed by atoms with Gasteiger partial charge < -0.3 is 10.1 Å². The highest BCUT2D eigenvalue weighted by atomic mass is 35.5. The number of rotatable bonds is 4. The smallest absolute Gasteiger partial charge is 0.242 e. The van der Waals surface area contributed by atoms with Crippen LogP contribution in [0.2, 0.25) is 10.0 Å². The average molecular weight is 325 g/mol. The van der Waals surface area contributed by atoms with Gasteiger partial charge in [0.15, 0.2) is 0 Å². The Kier molecular flexibility index (Phi) is 4.70. The van der Waals surface area contributed by atoms with Gasteiger partial charge in [0.05, 0.1) is 17.2 Å². The van der Waals surface area contributed by atoms with Crippen molar-refractivity contribution < 1.29 is 13.2 Å². The highest BCUT2D eigenvalue weighted by molar-refractivity contribution is 7.89. The van der Waals surface area contributed by atoms with Crippen molar-refractivity contribution in [1.29, 1.82) is 0 Å². The summed E-state index contributed by atoms with van der Waals surface area (Å²) in [5.41, 5.74) is 0. The van der Waals surface area contributed by atoms with Gasteiger partial charge in [0, 0.05) is 25.2 Å². The van der Waals surface area contributed by atoms with E-state index in [2.05, 4.69) is 10.0 Å². The average Bonchev–Trinajstić information content (AvgIpc) is 2.78. The third-order valence-electron chi connectivity index (χ3n) is 2.95. The third kappa shape index (κ3) is 3.39. The third-order valence-corrected chi connectivity index (χ3v) is 5.16. The van der Waals surface area contributed by atoms with E-state index in [0.717, 1.165) is 0 Å². The molecule has 8 heteroatoms. The van der Waals surface area contributed by atoms with Crippen LogP contribution >= 0.6 is 23.2 Å². The fraction of sp³-hybridized carbons (Fsp3) is 0.455. The molecule has 1 heterocycles. The molecule has 19 heavy (non-hydrogen) atoms. The molecular formula is C11H14Cl2N2O3S. The Morgan fingerprint density at radius 3 is 2.79 bits per heavy atom. The molecule has 1 fully saturated rings. The van der Waals surface area contributed by atoms with Gasteiger partial charge in [-0.25, -0.2) is 13.1 Å². The second-order valence-corrected chi connectivity index (χ2v) is 6.76. The lowest BCUT2D eigenvalue weighted by atomic mass is 10.2. The van der Waals surface area contributed by atoms with Gasteiger partial charge in [-0.1, -0.05) is 23.2 Å². The molecule has 2 N–H and O–H groups in total. The van der Waals surface area contributed by atoms with Crippen molar-refractivity contribution >= 4 is 33.2 Å². The van der Waals surface area contributed by atoms with Crippen LogP contribution in [0.3, 0.4) is 0 Å². The minimum Gasteiger partial charge on any atom is -0.378 e. The number of benzene rings is 1. The summed E-state index contributed by atoms with van der Waals surface area (Å²) in [4.78, 5) is -0.0246. The molecule has 1 aliphatic heterocycles. The lowest BCUT2D eigenvalue weighted by Crippen LogP contribution is -2.43. The summed E-state index contributed by atoms with van der Waals surface area (Å²) in [6.07, 6.45) is -0.201. The summed E-state index contributed by atoms with van der Waals surface area (Å²) in [7, 11) is -2.18. The number of halogens is 2. The normalized spacial score (nSPS) is 23.7. The molecule has 1 unspecified atom stereocenters. The molecule has 0 saturated carbocycles. The maximum atomic E-state index is 12.3. The Balaban J connectivity index is 2.25. The highest BCUT2D eigenvalue weighted by Crippen LogP contribution is 2.25. The molecule has 0 radical (unpaired) electrons. The molecule has 1 aromatic carbocycles. The van der Waals surface area contributed by atoms with Crippen molar-refractivity contribution in [3.8, 4) is 0 Å². The molecule has 0 bridgehead atoms. The quantitative estimate of drug-likeness (QED) is 0.875. The van der Waals surface area contributed by atoms with E-state index in [9.17, 15) is 8.42 Å². The first kappa shape index (κ1) is 15.0. The van der Waals surface area contributed by atoms with Crippen LogP contribution in [0.1, 0.15) is 0 Å². The van der Waals surface area contributed by atoms with Gasteiger partial charge in [0.25, 0.3) is 0 Å². The van der Waals surface area contributed by atoms with Crippen LogP contribution in [0.4, 0.5) is 0 Å². The second-order valence-electron chi connectivity index (χ2n) is 4.23. The molecule has 2 atom stereocenters. The van der Waals surface area contributed by atoms with Gasteiger partial charge in [0.1, 0.15) is 4.90 Å². The summed E-state index contributed by atoms with van der Waals surface area (Å²) in [5.74, 6) is 0. The van der Waals surface area contributed by atoms with Gasteiger partial charge in [-0.05, 0) is 18.2 Å². The summed E-state index contributed by atoms with van der Waals surface area (Å²) in [6.45, 7) is 1.11. The van der Waals surface area contributed by atoms with E-state index in [1.54, 1.807) is 7.11 Å². The van der Waals surface area contributed by atoms with Crippen LogP contribution in [-0.2, 0) is 14.8 Å². The van der Waals surface area contributed by atoms with Crippen LogP contribution in [0.25, 0.3) is 0 Å². The van der Waals surface area contributed by atoms with Crippen LogP contribution in [0, 0.1) is 0 Å². The first-order valence-electron chi connectivity index (χ1n) is 5.65. The Morgan fingerprint density at radius 2 is 2.11 bits per heavy atom.